The van der Waals surface area contributed by atoms with Crippen molar-refractivity contribution in [3.05, 3.63) is 94.8 Å². The van der Waals surface area contributed by atoms with Crippen molar-refractivity contribution in [3.8, 4) is 0 Å². The molecule has 3 heteroatoms. The lowest BCUT2D eigenvalue weighted by atomic mass is 9.85. The monoisotopic (exact) mass is 337 g/mol. The summed E-state index contributed by atoms with van der Waals surface area (Å²) in [4.78, 5) is 15.2. The lowest BCUT2D eigenvalue weighted by molar-refractivity contribution is 0.102. The van der Waals surface area contributed by atoms with Crippen LogP contribution in [-0.2, 0) is 0 Å². The van der Waals surface area contributed by atoms with E-state index in [0.717, 1.165) is 11.1 Å². The van der Waals surface area contributed by atoms with Crippen LogP contribution in [0.4, 0.5) is 0 Å². The van der Waals surface area contributed by atoms with Gasteiger partial charge in [0, 0.05) is 40.5 Å². The van der Waals surface area contributed by atoms with Crippen LogP contribution in [0.5, 0.6) is 0 Å². The molecule has 1 aliphatic heterocycles. The molecule has 2 aromatic carbocycles. The van der Waals surface area contributed by atoms with Gasteiger partial charge in [0.15, 0.2) is 5.78 Å². The molecule has 1 aliphatic rings. The van der Waals surface area contributed by atoms with Gasteiger partial charge in [-0.25, -0.2) is 0 Å². The summed E-state index contributed by atoms with van der Waals surface area (Å²) in [6.07, 6.45) is 6.12. The fourth-order valence-electron chi connectivity index (χ4n) is 2.81. The molecule has 1 heterocycles. The van der Waals surface area contributed by atoms with Crippen molar-refractivity contribution in [3.63, 3.8) is 0 Å². The van der Waals surface area contributed by atoms with Crippen molar-refractivity contribution in [2.24, 2.45) is 0 Å². The van der Waals surface area contributed by atoms with Crippen LogP contribution in [0.15, 0.2) is 78.6 Å². The normalized spacial score (nSPS) is 17.1. The van der Waals surface area contributed by atoms with Crippen LogP contribution < -0.4 is 0 Å². The van der Waals surface area contributed by atoms with Crippen LogP contribution in [0.25, 0.3) is 0 Å². The van der Waals surface area contributed by atoms with Gasteiger partial charge in [0.25, 0.3) is 0 Å². The van der Waals surface area contributed by atoms with Crippen LogP contribution in [-0.4, -0.2) is 16.7 Å². The first kappa shape index (κ1) is 16.5. The summed E-state index contributed by atoms with van der Waals surface area (Å²) in [6, 6.07) is 17.5. The zero-order valence-corrected chi connectivity index (χ0v) is 14.6. The summed E-state index contributed by atoms with van der Waals surface area (Å²) in [5.74, 6) is -0.0000946. The summed E-state index contributed by atoms with van der Waals surface area (Å²) < 4.78 is 0. The third-order valence-electron chi connectivity index (χ3n) is 4.20. The highest BCUT2D eigenvalue weighted by molar-refractivity contribution is 6.30. The molecule has 0 spiro atoms. The van der Waals surface area contributed by atoms with Gasteiger partial charge in [0.05, 0.1) is 0 Å². The summed E-state index contributed by atoms with van der Waals surface area (Å²) >= 11 is 5.95. The molecule has 0 saturated heterocycles. The minimum atomic E-state index is -0.0376. The number of rotatable bonds is 4. The van der Waals surface area contributed by atoms with Crippen molar-refractivity contribution < 1.29 is 4.79 Å². The minimum absolute atomic E-state index is 0.0375. The quantitative estimate of drug-likeness (QED) is 0.693. The SMILES string of the molecule is CC(C)N1C=CC(c2ccccc2)C(C(=O)c2ccc(Cl)cc2)=C1. The predicted octanol–water partition coefficient (Wildman–Crippen LogP) is 5.43. The molecule has 0 fully saturated rings. The third-order valence-corrected chi connectivity index (χ3v) is 4.45. The first-order valence-corrected chi connectivity index (χ1v) is 8.47. The molecule has 24 heavy (non-hydrogen) atoms. The summed E-state index contributed by atoms with van der Waals surface area (Å²) in [5, 5.41) is 0.632. The van der Waals surface area contributed by atoms with Gasteiger partial charge in [-0.15, -0.1) is 0 Å². The Bertz CT molecular complexity index is 775. The van der Waals surface area contributed by atoms with E-state index in [1.54, 1.807) is 24.3 Å². The Morgan fingerprint density at radius 3 is 2.33 bits per heavy atom. The highest BCUT2D eigenvalue weighted by Crippen LogP contribution is 2.32. The van der Waals surface area contributed by atoms with E-state index < -0.39 is 0 Å². The van der Waals surface area contributed by atoms with Gasteiger partial charge >= 0.3 is 0 Å². The second kappa shape index (κ2) is 7.06. The van der Waals surface area contributed by atoms with Gasteiger partial charge in [-0.3, -0.25) is 4.79 Å². The van der Waals surface area contributed by atoms with E-state index in [9.17, 15) is 4.79 Å². The van der Waals surface area contributed by atoms with Gasteiger partial charge in [-0.1, -0.05) is 48.0 Å². The second-order valence-corrected chi connectivity index (χ2v) is 6.63. The average Bonchev–Trinajstić information content (AvgIpc) is 2.62. The Balaban J connectivity index is 2.00. The highest BCUT2D eigenvalue weighted by atomic mass is 35.5. The minimum Gasteiger partial charge on any atom is -0.352 e. The van der Waals surface area contributed by atoms with E-state index in [1.807, 2.05) is 24.4 Å². The first-order chi connectivity index (χ1) is 11.6. The van der Waals surface area contributed by atoms with E-state index in [-0.39, 0.29) is 11.7 Å². The molecular weight excluding hydrogens is 318 g/mol. The molecule has 0 bridgehead atoms. The standard InChI is InChI=1S/C21H20ClNO/c1-15(2)23-13-12-19(16-6-4-3-5-7-16)20(14-23)21(24)17-8-10-18(22)11-9-17/h3-15,19H,1-2H3. The molecule has 0 aromatic heterocycles. The number of allylic oxidation sites excluding steroid dienone is 2. The van der Waals surface area contributed by atoms with Crippen molar-refractivity contribution in [1.29, 1.82) is 0 Å². The zero-order valence-electron chi connectivity index (χ0n) is 13.8. The van der Waals surface area contributed by atoms with E-state index in [4.69, 9.17) is 11.6 Å². The second-order valence-electron chi connectivity index (χ2n) is 6.19. The summed E-state index contributed by atoms with van der Waals surface area (Å²) in [5.41, 5.74) is 2.55. The number of hydrogen-bond acceptors (Lipinski definition) is 2. The fourth-order valence-corrected chi connectivity index (χ4v) is 2.94. The molecule has 2 aromatic rings. The number of carbonyl (C=O) groups excluding carboxylic acids is 1. The number of nitrogens with zero attached hydrogens (tertiary/aromatic N) is 1. The topological polar surface area (TPSA) is 20.3 Å². The maximum Gasteiger partial charge on any atom is 0.191 e. The number of halogens is 1. The first-order valence-electron chi connectivity index (χ1n) is 8.09. The Hall–Kier alpha value is -2.32. The number of Topliss-reactive ketones (excluding diaryl/α,β-unsaturated/α-hetero) is 1. The Morgan fingerprint density at radius 2 is 1.71 bits per heavy atom. The number of carbonyl (C=O) groups is 1. The molecule has 0 radical (unpaired) electrons. The van der Waals surface area contributed by atoms with Crippen molar-refractivity contribution in [2.75, 3.05) is 0 Å². The largest absolute Gasteiger partial charge is 0.352 e. The molecule has 1 atom stereocenters. The van der Waals surface area contributed by atoms with Crippen LogP contribution in [0.2, 0.25) is 5.02 Å². The molecule has 0 aliphatic carbocycles. The van der Waals surface area contributed by atoms with Gasteiger partial charge in [-0.05, 0) is 43.7 Å². The number of hydrogen-bond donors (Lipinski definition) is 0. The lowest BCUT2D eigenvalue weighted by Crippen LogP contribution is -2.26. The van der Waals surface area contributed by atoms with Crippen LogP contribution in [0.3, 0.4) is 0 Å². The van der Waals surface area contributed by atoms with Crippen LogP contribution in [0.1, 0.15) is 35.7 Å². The molecule has 1 unspecified atom stereocenters. The van der Waals surface area contributed by atoms with Gasteiger partial charge < -0.3 is 4.90 Å². The summed E-state index contributed by atoms with van der Waals surface area (Å²) in [7, 11) is 0. The molecule has 0 amide bonds. The van der Waals surface area contributed by atoms with Gasteiger partial charge in [0.2, 0.25) is 0 Å². The van der Waals surface area contributed by atoms with Gasteiger partial charge in [0.1, 0.15) is 0 Å². The van der Waals surface area contributed by atoms with E-state index in [0.29, 0.717) is 16.6 Å². The number of benzene rings is 2. The van der Waals surface area contributed by atoms with Crippen LogP contribution in [0, 0.1) is 0 Å². The maximum absolute atomic E-state index is 13.1. The smallest absolute Gasteiger partial charge is 0.191 e. The van der Waals surface area contributed by atoms with Crippen LogP contribution >= 0.6 is 11.6 Å². The number of ketones is 1. The third kappa shape index (κ3) is 3.44. The predicted molar refractivity (Wildman–Crippen MR) is 99.2 cm³/mol. The lowest BCUT2D eigenvalue weighted by Gasteiger charge is -2.29. The van der Waals surface area contributed by atoms with Gasteiger partial charge in [-0.2, -0.15) is 0 Å². The highest BCUT2D eigenvalue weighted by Gasteiger charge is 2.25. The average molecular weight is 338 g/mol. The Kier molecular flexibility index (Phi) is 4.86. The maximum atomic E-state index is 13.1. The summed E-state index contributed by atoms with van der Waals surface area (Å²) in [6.45, 7) is 4.21. The molecule has 0 N–H and O–H groups in total. The zero-order chi connectivity index (χ0) is 17.1. The van der Waals surface area contributed by atoms with Crippen molar-refractivity contribution in [2.45, 2.75) is 25.8 Å². The molecule has 2 nitrogen and oxygen atoms in total. The molecule has 0 saturated carbocycles. The van der Waals surface area contributed by atoms with E-state index in [2.05, 4.69) is 43.2 Å². The Labute approximate surface area is 148 Å². The Morgan fingerprint density at radius 1 is 1.04 bits per heavy atom. The van der Waals surface area contributed by atoms with E-state index >= 15 is 0 Å². The molecular formula is C21H20ClNO. The molecule has 122 valence electrons. The fraction of sp³-hybridized carbons (Fsp3) is 0.190. The van der Waals surface area contributed by atoms with E-state index in [1.165, 1.54) is 0 Å². The van der Waals surface area contributed by atoms with Crippen molar-refractivity contribution >= 4 is 17.4 Å². The van der Waals surface area contributed by atoms with Crippen molar-refractivity contribution in [1.82, 2.24) is 4.90 Å². The molecule has 3 rings (SSSR count).